The van der Waals surface area contributed by atoms with Crippen molar-refractivity contribution in [1.29, 1.82) is 0 Å². The fourth-order valence-corrected chi connectivity index (χ4v) is 1.87. The highest BCUT2D eigenvalue weighted by molar-refractivity contribution is 5.43. The van der Waals surface area contributed by atoms with Crippen molar-refractivity contribution in [3.05, 3.63) is 36.4 Å². The standard InChI is InChI=1S/C17H27NO2/c1-4-7-8-12-20-16-10-9-15(14-18-11-5-2)13-17(16)19-6-3/h4,9-10,13,18H,1,5-8,11-12,14H2,2-3H3. The molecular weight excluding hydrogens is 250 g/mol. The van der Waals surface area contributed by atoms with Gasteiger partial charge in [0.25, 0.3) is 0 Å². The summed E-state index contributed by atoms with van der Waals surface area (Å²) >= 11 is 0. The van der Waals surface area contributed by atoms with Crippen LogP contribution in [0.2, 0.25) is 0 Å². The lowest BCUT2D eigenvalue weighted by Crippen LogP contribution is -2.13. The highest BCUT2D eigenvalue weighted by atomic mass is 16.5. The lowest BCUT2D eigenvalue weighted by atomic mass is 10.2. The van der Waals surface area contributed by atoms with Gasteiger partial charge in [-0.1, -0.05) is 19.1 Å². The van der Waals surface area contributed by atoms with Crippen LogP contribution in [-0.4, -0.2) is 19.8 Å². The summed E-state index contributed by atoms with van der Waals surface area (Å²) in [6.07, 6.45) is 5.01. The molecule has 3 heteroatoms. The minimum absolute atomic E-state index is 0.648. The van der Waals surface area contributed by atoms with E-state index >= 15 is 0 Å². The predicted molar refractivity (Wildman–Crippen MR) is 84.5 cm³/mol. The predicted octanol–water partition coefficient (Wildman–Crippen LogP) is 3.93. The van der Waals surface area contributed by atoms with E-state index in [0.29, 0.717) is 13.2 Å². The van der Waals surface area contributed by atoms with Crippen LogP contribution in [0.3, 0.4) is 0 Å². The molecule has 20 heavy (non-hydrogen) atoms. The van der Waals surface area contributed by atoms with Crippen LogP contribution >= 0.6 is 0 Å². The average molecular weight is 277 g/mol. The Morgan fingerprint density at radius 2 is 2.05 bits per heavy atom. The fraction of sp³-hybridized carbons (Fsp3) is 0.529. The van der Waals surface area contributed by atoms with Crippen LogP contribution in [0.5, 0.6) is 11.5 Å². The summed E-state index contributed by atoms with van der Waals surface area (Å²) in [5, 5.41) is 3.39. The Labute approximate surface area is 123 Å². The molecule has 0 aliphatic heterocycles. The number of hydrogen-bond acceptors (Lipinski definition) is 3. The van der Waals surface area contributed by atoms with Crippen molar-refractivity contribution in [1.82, 2.24) is 5.32 Å². The van der Waals surface area contributed by atoms with E-state index in [9.17, 15) is 0 Å². The highest BCUT2D eigenvalue weighted by Crippen LogP contribution is 2.28. The first-order valence-corrected chi connectivity index (χ1v) is 7.52. The van der Waals surface area contributed by atoms with E-state index in [1.165, 1.54) is 5.56 Å². The normalized spacial score (nSPS) is 10.3. The summed E-state index contributed by atoms with van der Waals surface area (Å²) < 4.78 is 11.4. The monoisotopic (exact) mass is 277 g/mol. The van der Waals surface area contributed by atoms with E-state index < -0.39 is 0 Å². The molecular formula is C17H27NO2. The van der Waals surface area contributed by atoms with Gasteiger partial charge in [0.15, 0.2) is 11.5 Å². The van der Waals surface area contributed by atoms with Crippen molar-refractivity contribution in [3.63, 3.8) is 0 Å². The molecule has 0 saturated heterocycles. The van der Waals surface area contributed by atoms with Gasteiger partial charge < -0.3 is 14.8 Å². The number of benzene rings is 1. The molecule has 0 bridgehead atoms. The van der Waals surface area contributed by atoms with Gasteiger partial charge in [-0.05, 0) is 50.4 Å². The third-order valence-corrected chi connectivity index (χ3v) is 2.87. The molecule has 0 aliphatic carbocycles. The van der Waals surface area contributed by atoms with Gasteiger partial charge in [-0.2, -0.15) is 0 Å². The SMILES string of the molecule is C=CCCCOc1ccc(CNCCC)cc1OCC. The van der Waals surface area contributed by atoms with Crippen LogP contribution in [0.25, 0.3) is 0 Å². The van der Waals surface area contributed by atoms with E-state index in [1.54, 1.807) is 0 Å². The first-order chi connectivity index (χ1) is 9.81. The second kappa shape index (κ2) is 10.3. The minimum Gasteiger partial charge on any atom is -0.490 e. The van der Waals surface area contributed by atoms with E-state index in [2.05, 4.69) is 31.0 Å². The summed E-state index contributed by atoms with van der Waals surface area (Å²) in [5.74, 6) is 1.66. The molecule has 3 nitrogen and oxygen atoms in total. The number of nitrogens with one attached hydrogen (secondary N) is 1. The second-order valence-corrected chi connectivity index (χ2v) is 4.67. The lowest BCUT2D eigenvalue weighted by molar-refractivity contribution is 0.274. The lowest BCUT2D eigenvalue weighted by Gasteiger charge is -2.13. The zero-order valence-electron chi connectivity index (χ0n) is 12.8. The molecule has 1 rings (SSSR count). The quantitative estimate of drug-likeness (QED) is 0.491. The molecule has 0 amide bonds. The van der Waals surface area contributed by atoms with E-state index in [0.717, 1.165) is 43.9 Å². The van der Waals surface area contributed by atoms with E-state index in [-0.39, 0.29) is 0 Å². The zero-order valence-corrected chi connectivity index (χ0v) is 12.8. The van der Waals surface area contributed by atoms with Crippen LogP contribution in [0.4, 0.5) is 0 Å². The Morgan fingerprint density at radius 3 is 2.75 bits per heavy atom. The molecule has 1 aromatic carbocycles. The Morgan fingerprint density at radius 1 is 1.20 bits per heavy atom. The third-order valence-electron chi connectivity index (χ3n) is 2.87. The molecule has 0 spiro atoms. The Bertz CT molecular complexity index is 391. The summed E-state index contributed by atoms with van der Waals surface area (Å²) in [6.45, 7) is 11.1. The van der Waals surface area contributed by atoms with Gasteiger partial charge in [0.05, 0.1) is 13.2 Å². The number of allylic oxidation sites excluding steroid dienone is 1. The summed E-state index contributed by atoms with van der Waals surface area (Å²) in [6, 6.07) is 6.16. The van der Waals surface area contributed by atoms with Gasteiger partial charge in [-0.15, -0.1) is 6.58 Å². The molecule has 1 N–H and O–H groups in total. The van der Waals surface area contributed by atoms with Gasteiger partial charge in [0.2, 0.25) is 0 Å². The van der Waals surface area contributed by atoms with Crippen molar-refractivity contribution in [3.8, 4) is 11.5 Å². The molecule has 0 heterocycles. The summed E-state index contributed by atoms with van der Waals surface area (Å²) in [5.41, 5.74) is 1.22. The maximum atomic E-state index is 5.78. The number of ether oxygens (including phenoxy) is 2. The molecule has 1 aromatic rings. The number of hydrogen-bond donors (Lipinski definition) is 1. The summed E-state index contributed by atoms with van der Waals surface area (Å²) in [7, 11) is 0. The third kappa shape index (κ3) is 6.11. The minimum atomic E-state index is 0.648. The van der Waals surface area contributed by atoms with Crippen molar-refractivity contribution in [2.24, 2.45) is 0 Å². The molecule has 0 aliphatic rings. The van der Waals surface area contributed by atoms with Crippen LogP contribution in [-0.2, 0) is 6.54 Å². The molecule has 0 fully saturated rings. The first kappa shape index (κ1) is 16.6. The molecule has 0 atom stereocenters. The van der Waals surface area contributed by atoms with E-state index in [1.807, 2.05) is 19.1 Å². The molecule has 0 saturated carbocycles. The van der Waals surface area contributed by atoms with Crippen LogP contribution in [0, 0.1) is 0 Å². The van der Waals surface area contributed by atoms with Gasteiger partial charge in [0, 0.05) is 6.54 Å². The van der Waals surface area contributed by atoms with Crippen LogP contribution in [0.1, 0.15) is 38.7 Å². The average Bonchev–Trinajstić information content (AvgIpc) is 2.46. The first-order valence-electron chi connectivity index (χ1n) is 7.52. The molecule has 0 aromatic heterocycles. The number of rotatable bonds is 11. The Kier molecular flexibility index (Phi) is 8.56. The molecule has 0 radical (unpaired) electrons. The topological polar surface area (TPSA) is 30.5 Å². The maximum Gasteiger partial charge on any atom is 0.161 e. The smallest absolute Gasteiger partial charge is 0.161 e. The van der Waals surface area contributed by atoms with Crippen LogP contribution in [0.15, 0.2) is 30.9 Å². The van der Waals surface area contributed by atoms with Crippen molar-refractivity contribution >= 4 is 0 Å². The van der Waals surface area contributed by atoms with Gasteiger partial charge in [-0.25, -0.2) is 0 Å². The van der Waals surface area contributed by atoms with Crippen LogP contribution < -0.4 is 14.8 Å². The van der Waals surface area contributed by atoms with Crippen molar-refractivity contribution in [2.75, 3.05) is 19.8 Å². The maximum absolute atomic E-state index is 5.78. The van der Waals surface area contributed by atoms with Gasteiger partial charge in [-0.3, -0.25) is 0 Å². The zero-order chi connectivity index (χ0) is 14.6. The van der Waals surface area contributed by atoms with Crippen molar-refractivity contribution in [2.45, 2.75) is 39.7 Å². The molecule has 112 valence electrons. The Balaban J connectivity index is 2.61. The van der Waals surface area contributed by atoms with Gasteiger partial charge >= 0.3 is 0 Å². The highest BCUT2D eigenvalue weighted by Gasteiger charge is 2.06. The van der Waals surface area contributed by atoms with E-state index in [4.69, 9.17) is 9.47 Å². The summed E-state index contributed by atoms with van der Waals surface area (Å²) in [4.78, 5) is 0. The largest absolute Gasteiger partial charge is 0.490 e. The Hall–Kier alpha value is -1.48. The molecule has 0 unspecified atom stereocenters. The van der Waals surface area contributed by atoms with Gasteiger partial charge in [0.1, 0.15) is 0 Å². The van der Waals surface area contributed by atoms with Crippen molar-refractivity contribution < 1.29 is 9.47 Å². The number of unbranched alkanes of at least 4 members (excludes halogenated alkanes) is 1. The fourth-order valence-electron chi connectivity index (χ4n) is 1.87. The second-order valence-electron chi connectivity index (χ2n) is 4.67.